The van der Waals surface area contributed by atoms with E-state index in [0.717, 1.165) is 16.8 Å². The number of hydrogen-bond acceptors (Lipinski definition) is 5. The highest BCUT2D eigenvalue weighted by atomic mass is 35.5. The lowest BCUT2D eigenvalue weighted by Crippen LogP contribution is -2.49. The first-order valence-corrected chi connectivity index (χ1v) is 12.6. The SMILES string of the molecule is Cc1ccc(Cc2c(N3CCN(S(C)(=O)=O)CC3)cnn(-c3cccc(Cl)c3)c2=O)cc1. The minimum absolute atomic E-state index is 0.212. The van der Waals surface area contributed by atoms with Gasteiger partial charge in [-0.25, -0.2) is 8.42 Å². The smallest absolute Gasteiger partial charge is 0.277 e. The first-order valence-electron chi connectivity index (χ1n) is 10.3. The van der Waals surface area contributed by atoms with E-state index in [-0.39, 0.29) is 5.56 Å². The van der Waals surface area contributed by atoms with Crippen LogP contribution in [0.3, 0.4) is 0 Å². The summed E-state index contributed by atoms with van der Waals surface area (Å²) in [7, 11) is -3.24. The number of rotatable bonds is 5. The fourth-order valence-corrected chi connectivity index (χ4v) is 4.89. The fourth-order valence-electron chi connectivity index (χ4n) is 3.88. The third-order valence-corrected chi connectivity index (χ3v) is 7.20. The monoisotopic (exact) mass is 472 g/mol. The fraction of sp³-hybridized carbons (Fsp3) is 0.304. The van der Waals surface area contributed by atoms with Crippen molar-refractivity contribution < 1.29 is 8.42 Å². The minimum atomic E-state index is -3.24. The predicted molar refractivity (Wildman–Crippen MR) is 127 cm³/mol. The highest BCUT2D eigenvalue weighted by molar-refractivity contribution is 7.88. The van der Waals surface area contributed by atoms with E-state index in [1.807, 2.05) is 36.1 Å². The van der Waals surface area contributed by atoms with Crippen molar-refractivity contribution in [2.24, 2.45) is 0 Å². The van der Waals surface area contributed by atoms with Crippen molar-refractivity contribution >= 4 is 27.3 Å². The maximum absolute atomic E-state index is 13.6. The van der Waals surface area contributed by atoms with E-state index in [2.05, 4.69) is 5.10 Å². The highest BCUT2D eigenvalue weighted by Crippen LogP contribution is 2.23. The maximum atomic E-state index is 13.6. The molecule has 168 valence electrons. The Hall–Kier alpha value is -2.68. The Morgan fingerprint density at radius 2 is 1.72 bits per heavy atom. The molecule has 0 atom stereocenters. The van der Waals surface area contributed by atoms with Crippen molar-refractivity contribution in [1.29, 1.82) is 0 Å². The summed E-state index contributed by atoms with van der Waals surface area (Å²) in [5.41, 5.74) is 3.92. The lowest BCUT2D eigenvalue weighted by molar-refractivity contribution is 0.387. The molecule has 1 aliphatic heterocycles. The molecule has 1 aromatic heterocycles. The average molecular weight is 473 g/mol. The maximum Gasteiger partial charge on any atom is 0.277 e. The number of aryl methyl sites for hydroxylation is 1. The van der Waals surface area contributed by atoms with Crippen LogP contribution in [0.25, 0.3) is 5.69 Å². The van der Waals surface area contributed by atoms with E-state index in [0.29, 0.717) is 48.9 Å². The summed E-state index contributed by atoms with van der Waals surface area (Å²) < 4.78 is 26.6. The molecule has 7 nitrogen and oxygen atoms in total. The first-order chi connectivity index (χ1) is 15.2. The Labute approximate surface area is 192 Å². The van der Waals surface area contributed by atoms with Crippen LogP contribution in [0.2, 0.25) is 5.02 Å². The first kappa shape index (κ1) is 22.5. The lowest BCUT2D eigenvalue weighted by atomic mass is 10.0. The van der Waals surface area contributed by atoms with Gasteiger partial charge in [0.2, 0.25) is 10.0 Å². The van der Waals surface area contributed by atoms with Crippen molar-refractivity contribution in [2.75, 3.05) is 37.3 Å². The van der Waals surface area contributed by atoms with Crippen LogP contribution in [0.5, 0.6) is 0 Å². The molecule has 2 heterocycles. The van der Waals surface area contributed by atoms with Crippen LogP contribution in [-0.2, 0) is 16.4 Å². The van der Waals surface area contributed by atoms with E-state index >= 15 is 0 Å². The van der Waals surface area contributed by atoms with Gasteiger partial charge in [0.25, 0.3) is 5.56 Å². The van der Waals surface area contributed by atoms with Gasteiger partial charge in [0.15, 0.2) is 0 Å². The van der Waals surface area contributed by atoms with Gasteiger partial charge in [0.05, 0.1) is 23.8 Å². The zero-order chi connectivity index (χ0) is 22.9. The molecule has 0 N–H and O–H groups in total. The Kier molecular flexibility index (Phi) is 6.37. The molecule has 0 amide bonds. The lowest BCUT2D eigenvalue weighted by Gasteiger charge is -2.35. The molecule has 1 saturated heterocycles. The Morgan fingerprint density at radius 1 is 1.03 bits per heavy atom. The molecular weight excluding hydrogens is 448 g/mol. The molecule has 2 aromatic carbocycles. The van der Waals surface area contributed by atoms with Crippen LogP contribution in [-0.4, -0.2) is 54.9 Å². The summed E-state index contributed by atoms with van der Waals surface area (Å²) in [5, 5.41) is 4.95. The van der Waals surface area contributed by atoms with Crippen LogP contribution in [0.4, 0.5) is 5.69 Å². The van der Waals surface area contributed by atoms with Gasteiger partial charge >= 0.3 is 0 Å². The van der Waals surface area contributed by atoms with E-state index in [1.165, 1.54) is 15.2 Å². The molecule has 4 rings (SSSR count). The number of aromatic nitrogens is 2. The summed E-state index contributed by atoms with van der Waals surface area (Å²) in [6, 6.07) is 15.1. The van der Waals surface area contributed by atoms with Gasteiger partial charge in [-0.05, 0) is 30.7 Å². The quantitative estimate of drug-likeness (QED) is 0.570. The zero-order valence-corrected chi connectivity index (χ0v) is 19.6. The Balaban J connectivity index is 1.75. The standard InChI is InChI=1S/C23H25ClN4O3S/c1-17-6-8-18(9-7-17)14-21-22(26-10-12-27(13-11-26)32(2,30)31)16-25-28(23(21)29)20-5-3-4-19(24)15-20/h3-9,15-16H,10-14H2,1-2H3. The van der Waals surface area contributed by atoms with Crippen LogP contribution in [0, 0.1) is 6.92 Å². The number of benzene rings is 2. The summed E-state index contributed by atoms with van der Waals surface area (Å²) in [5.74, 6) is 0. The largest absolute Gasteiger partial charge is 0.367 e. The molecule has 1 fully saturated rings. The predicted octanol–water partition coefficient (Wildman–Crippen LogP) is 2.87. The van der Waals surface area contributed by atoms with Gasteiger partial charge in [-0.1, -0.05) is 47.5 Å². The molecular formula is C23H25ClN4O3S. The molecule has 3 aromatic rings. The molecule has 0 saturated carbocycles. The molecule has 9 heteroatoms. The van der Waals surface area contributed by atoms with E-state index in [4.69, 9.17) is 11.6 Å². The highest BCUT2D eigenvalue weighted by Gasteiger charge is 2.26. The van der Waals surface area contributed by atoms with Gasteiger partial charge in [0.1, 0.15) is 0 Å². The van der Waals surface area contributed by atoms with Gasteiger partial charge in [-0.2, -0.15) is 14.1 Å². The third-order valence-electron chi connectivity index (χ3n) is 5.66. The normalized spacial score (nSPS) is 15.2. The van der Waals surface area contributed by atoms with E-state index < -0.39 is 10.0 Å². The second kappa shape index (κ2) is 9.05. The summed E-state index contributed by atoms with van der Waals surface area (Å²) in [4.78, 5) is 15.6. The molecule has 1 aliphatic rings. The van der Waals surface area contributed by atoms with Crippen LogP contribution >= 0.6 is 11.6 Å². The number of piperazine rings is 1. The second-order valence-electron chi connectivity index (χ2n) is 8.02. The minimum Gasteiger partial charge on any atom is -0.367 e. The number of halogens is 1. The third kappa shape index (κ3) is 4.87. The number of sulfonamides is 1. The van der Waals surface area contributed by atoms with Crippen molar-refractivity contribution in [3.05, 3.63) is 86.8 Å². The molecule has 32 heavy (non-hydrogen) atoms. The Bertz CT molecular complexity index is 1280. The zero-order valence-electron chi connectivity index (χ0n) is 18.0. The Morgan fingerprint density at radius 3 is 2.34 bits per heavy atom. The number of nitrogens with zero attached hydrogens (tertiary/aromatic N) is 4. The van der Waals surface area contributed by atoms with Gasteiger partial charge in [-0.3, -0.25) is 4.79 Å². The van der Waals surface area contributed by atoms with Crippen molar-refractivity contribution in [1.82, 2.24) is 14.1 Å². The van der Waals surface area contributed by atoms with Gasteiger partial charge < -0.3 is 4.90 Å². The van der Waals surface area contributed by atoms with Crippen molar-refractivity contribution in [2.45, 2.75) is 13.3 Å². The molecule has 0 aliphatic carbocycles. The van der Waals surface area contributed by atoms with Gasteiger partial charge in [0, 0.05) is 43.2 Å². The molecule has 0 spiro atoms. The number of hydrogen-bond donors (Lipinski definition) is 0. The molecule has 0 bridgehead atoms. The van der Waals surface area contributed by atoms with Gasteiger partial charge in [-0.15, -0.1) is 0 Å². The van der Waals surface area contributed by atoms with Crippen molar-refractivity contribution in [3.63, 3.8) is 0 Å². The van der Waals surface area contributed by atoms with E-state index in [9.17, 15) is 13.2 Å². The van der Waals surface area contributed by atoms with Crippen molar-refractivity contribution in [3.8, 4) is 5.69 Å². The summed E-state index contributed by atoms with van der Waals surface area (Å²) in [6.45, 7) is 3.77. The second-order valence-corrected chi connectivity index (χ2v) is 10.4. The van der Waals surface area contributed by atoms with E-state index in [1.54, 1.807) is 30.5 Å². The average Bonchev–Trinajstić information content (AvgIpc) is 2.76. The topological polar surface area (TPSA) is 75.5 Å². The van der Waals surface area contributed by atoms with Crippen LogP contribution < -0.4 is 10.5 Å². The molecule has 0 unspecified atom stereocenters. The molecule has 0 radical (unpaired) electrons. The van der Waals surface area contributed by atoms with Crippen LogP contribution in [0.15, 0.2) is 59.5 Å². The summed E-state index contributed by atoms with van der Waals surface area (Å²) >= 11 is 6.13. The summed E-state index contributed by atoms with van der Waals surface area (Å²) in [6.07, 6.45) is 3.37. The number of anilines is 1. The van der Waals surface area contributed by atoms with Crippen LogP contribution in [0.1, 0.15) is 16.7 Å².